The van der Waals surface area contributed by atoms with Gasteiger partial charge in [0.25, 0.3) is 0 Å². The lowest BCUT2D eigenvalue weighted by Crippen LogP contribution is -2.48. The first-order valence-corrected chi connectivity index (χ1v) is 11.4. The highest BCUT2D eigenvalue weighted by molar-refractivity contribution is 14.0. The van der Waals surface area contributed by atoms with Crippen LogP contribution in [0.4, 0.5) is 5.00 Å². The Morgan fingerprint density at radius 1 is 1.27 bits per heavy atom. The van der Waals surface area contributed by atoms with Crippen molar-refractivity contribution < 1.29 is 0 Å². The molecule has 0 atom stereocenters. The monoisotopic (exact) mass is 538 g/mol. The summed E-state index contributed by atoms with van der Waals surface area (Å²) in [4.78, 5) is 12.0. The van der Waals surface area contributed by atoms with E-state index in [4.69, 9.17) is 9.98 Å². The lowest BCUT2D eigenvalue weighted by Gasteiger charge is -2.33. The topological polar surface area (TPSA) is 57.0 Å². The number of aliphatic imine (C=N–C) groups is 1. The van der Waals surface area contributed by atoms with Gasteiger partial charge in [0.15, 0.2) is 5.96 Å². The predicted octanol–water partition coefficient (Wildman–Crippen LogP) is 4.09. The molecule has 0 bridgehead atoms. The maximum atomic E-state index is 4.80. The van der Waals surface area contributed by atoms with E-state index in [1.807, 2.05) is 11.3 Å². The van der Waals surface area contributed by atoms with Gasteiger partial charge >= 0.3 is 0 Å². The van der Waals surface area contributed by atoms with E-state index in [1.165, 1.54) is 10.6 Å². The number of hydrogen-bond donors (Lipinski definition) is 2. The number of nitrogens with one attached hydrogen (secondary N) is 2. The highest BCUT2D eigenvalue weighted by Crippen LogP contribution is 2.24. The van der Waals surface area contributed by atoms with E-state index >= 15 is 0 Å². The molecule has 3 aromatic heterocycles. The zero-order chi connectivity index (χ0) is 20.1. The zero-order valence-corrected chi connectivity index (χ0v) is 20.8. The van der Waals surface area contributed by atoms with Gasteiger partial charge in [-0.15, -0.1) is 35.3 Å². The summed E-state index contributed by atoms with van der Waals surface area (Å²) in [6.07, 6.45) is 7.27. The molecule has 0 saturated carbocycles. The highest BCUT2D eigenvalue weighted by Gasteiger charge is 2.20. The molecule has 0 spiro atoms. The summed E-state index contributed by atoms with van der Waals surface area (Å²) in [5.74, 6) is 0.919. The van der Waals surface area contributed by atoms with Crippen molar-refractivity contribution in [2.24, 2.45) is 4.99 Å². The van der Waals surface area contributed by atoms with Crippen LogP contribution in [0.1, 0.15) is 31.0 Å². The van der Waals surface area contributed by atoms with E-state index < -0.39 is 0 Å². The first-order chi connectivity index (χ1) is 14.2. The third kappa shape index (κ3) is 5.66. The lowest BCUT2D eigenvalue weighted by atomic mass is 10.1. The number of halogens is 1. The Labute approximate surface area is 199 Å². The summed E-state index contributed by atoms with van der Waals surface area (Å²) in [5.41, 5.74) is 3.32. The molecule has 162 valence electrons. The Hall–Kier alpha value is -1.81. The van der Waals surface area contributed by atoms with Crippen molar-refractivity contribution in [1.82, 2.24) is 20.0 Å². The van der Waals surface area contributed by atoms with Crippen molar-refractivity contribution in [3.63, 3.8) is 0 Å². The number of hydrogen-bond acceptors (Lipinski definition) is 4. The number of aromatic nitrogens is 2. The molecule has 1 fully saturated rings. The van der Waals surface area contributed by atoms with Crippen LogP contribution in [0.3, 0.4) is 0 Å². The second-order valence-corrected chi connectivity index (χ2v) is 8.45. The molecular weight excluding hydrogens is 507 g/mol. The number of anilines is 1. The van der Waals surface area contributed by atoms with Gasteiger partial charge in [-0.1, -0.05) is 6.07 Å². The first-order valence-electron chi connectivity index (χ1n) is 10.5. The van der Waals surface area contributed by atoms with E-state index in [9.17, 15) is 0 Å². The molecule has 0 radical (unpaired) electrons. The van der Waals surface area contributed by atoms with Crippen molar-refractivity contribution in [2.75, 3.05) is 31.1 Å². The number of guanidine groups is 1. The van der Waals surface area contributed by atoms with E-state index in [1.54, 1.807) is 0 Å². The van der Waals surface area contributed by atoms with Crippen LogP contribution in [0.5, 0.6) is 0 Å². The molecule has 0 amide bonds. The fourth-order valence-electron chi connectivity index (χ4n) is 3.81. The van der Waals surface area contributed by atoms with Gasteiger partial charge in [0.05, 0.1) is 10.7 Å². The number of nitrogens with zero attached hydrogens (tertiary/aromatic N) is 4. The number of imidazole rings is 1. The van der Waals surface area contributed by atoms with Crippen molar-refractivity contribution in [2.45, 2.75) is 39.2 Å². The van der Waals surface area contributed by atoms with Gasteiger partial charge in [-0.3, -0.25) is 4.99 Å². The van der Waals surface area contributed by atoms with Gasteiger partial charge < -0.3 is 19.9 Å². The molecular formula is C22H31IN6S. The normalized spacial score (nSPS) is 15.3. The number of piperidine rings is 1. The van der Waals surface area contributed by atoms with Crippen LogP contribution in [0, 0.1) is 6.92 Å². The Balaban J connectivity index is 0.00000256. The molecule has 1 saturated heterocycles. The molecule has 4 heterocycles. The fourth-order valence-corrected chi connectivity index (χ4v) is 4.60. The Morgan fingerprint density at radius 3 is 2.80 bits per heavy atom. The maximum Gasteiger partial charge on any atom is 0.191 e. The summed E-state index contributed by atoms with van der Waals surface area (Å²) < 4.78 is 2.10. The summed E-state index contributed by atoms with van der Waals surface area (Å²) in [5, 5.41) is 10.6. The molecule has 6 nitrogen and oxygen atoms in total. The first kappa shape index (κ1) is 22.9. The predicted molar refractivity (Wildman–Crippen MR) is 138 cm³/mol. The largest absolute Gasteiger partial charge is 0.363 e. The highest BCUT2D eigenvalue weighted by atomic mass is 127. The third-order valence-electron chi connectivity index (χ3n) is 5.36. The summed E-state index contributed by atoms with van der Waals surface area (Å²) >= 11 is 1.83. The molecule has 3 aromatic rings. The zero-order valence-electron chi connectivity index (χ0n) is 17.7. The third-order valence-corrected chi connectivity index (χ3v) is 6.29. The van der Waals surface area contributed by atoms with Gasteiger partial charge in [0.2, 0.25) is 0 Å². The number of pyridine rings is 1. The van der Waals surface area contributed by atoms with Gasteiger partial charge in [-0.2, -0.15) is 0 Å². The van der Waals surface area contributed by atoms with Gasteiger partial charge in [0, 0.05) is 51.0 Å². The molecule has 4 rings (SSSR count). The molecule has 1 aliphatic heterocycles. The smallest absolute Gasteiger partial charge is 0.191 e. The van der Waals surface area contributed by atoms with Gasteiger partial charge in [0.1, 0.15) is 5.65 Å². The average Bonchev–Trinajstić information content (AvgIpc) is 3.39. The van der Waals surface area contributed by atoms with E-state index in [0.29, 0.717) is 6.04 Å². The molecule has 2 N–H and O–H groups in total. The maximum absolute atomic E-state index is 4.80. The molecule has 30 heavy (non-hydrogen) atoms. The molecule has 1 aliphatic rings. The Morgan fingerprint density at radius 2 is 2.10 bits per heavy atom. The standard InChI is InChI=1S/C22H30N6S.HI/c1-3-23-22(26-18-9-13-27(14-10-18)20-7-5-15-29-20)24-11-8-19-16-28-12-4-6-17(2)21(28)25-19;/h4-7,12,15-16,18H,3,8-11,13-14H2,1-2H3,(H2,23,24,26);1H. The van der Waals surface area contributed by atoms with E-state index in [0.717, 1.165) is 62.7 Å². The summed E-state index contributed by atoms with van der Waals surface area (Å²) in [6, 6.07) is 8.97. The van der Waals surface area contributed by atoms with Crippen LogP contribution in [-0.2, 0) is 6.42 Å². The van der Waals surface area contributed by atoms with Gasteiger partial charge in [-0.05, 0) is 55.8 Å². The molecule has 0 unspecified atom stereocenters. The quantitative estimate of drug-likeness (QED) is 0.282. The van der Waals surface area contributed by atoms with Crippen LogP contribution in [0.25, 0.3) is 5.65 Å². The lowest BCUT2D eigenvalue weighted by molar-refractivity contribution is 0.463. The van der Waals surface area contributed by atoms with Crippen molar-refractivity contribution in [3.05, 3.63) is 53.3 Å². The summed E-state index contributed by atoms with van der Waals surface area (Å²) in [7, 11) is 0. The molecule has 8 heteroatoms. The molecule has 0 aliphatic carbocycles. The van der Waals surface area contributed by atoms with Gasteiger partial charge in [-0.25, -0.2) is 4.98 Å². The number of thiophene rings is 1. The van der Waals surface area contributed by atoms with Crippen molar-refractivity contribution in [1.29, 1.82) is 0 Å². The Bertz CT molecular complexity index is 944. The second kappa shape index (κ2) is 11.0. The van der Waals surface area contributed by atoms with Crippen LogP contribution < -0.4 is 15.5 Å². The van der Waals surface area contributed by atoms with Crippen LogP contribution in [0.15, 0.2) is 47.0 Å². The van der Waals surface area contributed by atoms with Crippen molar-refractivity contribution >= 4 is 51.9 Å². The number of aryl methyl sites for hydroxylation is 1. The minimum atomic E-state index is 0. The number of fused-ring (bicyclic) bond motifs is 1. The van der Waals surface area contributed by atoms with Crippen molar-refractivity contribution in [3.8, 4) is 0 Å². The second-order valence-electron chi connectivity index (χ2n) is 7.52. The van der Waals surface area contributed by atoms with E-state index in [2.05, 4.69) is 75.8 Å². The van der Waals surface area contributed by atoms with Crippen LogP contribution in [0.2, 0.25) is 0 Å². The average molecular weight is 539 g/mol. The van der Waals surface area contributed by atoms with E-state index in [-0.39, 0.29) is 24.0 Å². The van der Waals surface area contributed by atoms with Crippen LogP contribution in [-0.4, -0.2) is 47.6 Å². The molecule has 0 aromatic carbocycles. The van der Waals surface area contributed by atoms with Crippen LogP contribution >= 0.6 is 35.3 Å². The SMILES string of the molecule is CCNC(=NCCc1cn2cccc(C)c2n1)NC1CCN(c2cccs2)CC1.I. The minimum Gasteiger partial charge on any atom is -0.363 e. The summed E-state index contributed by atoms with van der Waals surface area (Å²) in [6.45, 7) is 8.00. The fraction of sp³-hybridized carbons (Fsp3) is 0.455. The number of rotatable bonds is 6. The Kier molecular flexibility index (Phi) is 8.38. The minimum absolute atomic E-state index is 0.